The van der Waals surface area contributed by atoms with Gasteiger partial charge in [-0.2, -0.15) is 17.0 Å². The molecule has 3 rings (SSSR count). The zero-order valence-electron chi connectivity index (χ0n) is 15.3. The highest BCUT2D eigenvalue weighted by atomic mass is 35.5. The van der Waals surface area contributed by atoms with Gasteiger partial charge in [0.1, 0.15) is 0 Å². The number of nitrogens with one attached hydrogen (secondary N) is 1. The van der Waals surface area contributed by atoms with Crippen LogP contribution in [-0.2, 0) is 21.5 Å². The second-order valence-electron chi connectivity index (χ2n) is 6.67. The van der Waals surface area contributed by atoms with E-state index in [0.29, 0.717) is 17.3 Å². The van der Waals surface area contributed by atoms with Crippen LogP contribution in [0.3, 0.4) is 0 Å². The fourth-order valence-corrected chi connectivity index (χ4v) is 4.75. The molecule has 0 spiro atoms. The molecule has 1 N–H and O–H groups in total. The van der Waals surface area contributed by atoms with Crippen molar-refractivity contribution in [2.75, 3.05) is 25.0 Å². The van der Waals surface area contributed by atoms with Gasteiger partial charge in [-0.05, 0) is 48.7 Å². The van der Waals surface area contributed by atoms with Crippen molar-refractivity contribution in [1.29, 1.82) is 0 Å². The van der Waals surface area contributed by atoms with Gasteiger partial charge in [0.25, 0.3) is 10.2 Å². The molecule has 1 saturated heterocycles. The average molecular weight is 408 g/mol. The van der Waals surface area contributed by atoms with Crippen molar-refractivity contribution in [3.8, 4) is 0 Å². The molecule has 2 aromatic rings. The zero-order valence-corrected chi connectivity index (χ0v) is 16.8. The molecule has 0 radical (unpaired) electrons. The van der Waals surface area contributed by atoms with Crippen molar-refractivity contribution >= 4 is 33.4 Å². The summed E-state index contributed by atoms with van der Waals surface area (Å²) in [6.45, 7) is 4.48. The van der Waals surface area contributed by atoms with Crippen LogP contribution < -0.4 is 5.32 Å². The summed E-state index contributed by atoms with van der Waals surface area (Å²) in [5.41, 5.74) is 3.47. The first-order valence-electron chi connectivity index (χ1n) is 8.62. The Kier molecular flexibility index (Phi) is 5.86. The highest BCUT2D eigenvalue weighted by molar-refractivity contribution is 7.87. The molecule has 1 aliphatic heterocycles. The number of hydrogen-bond donors (Lipinski definition) is 1. The summed E-state index contributed by atoms with van der Waals surface area (Å²) in [4.78, 5) is 12.4. The normalized spacial score (nSPS) is 17.1. The van der Waals surface area contributed by atoms with E-state index in [1.165, 1.54) is 8.61 Å². The zero-order chi connectivity index (χ0) is 19.6. The van der Waals surface area contributed by atoms with Crippen molar-refractivity contribution in [3.63, 3.8) is 0 Å². The lowest BCUT2D eigenvalue weighted by Crippen LogP contribution is -2.37. The van der Waals surface area contributed by atoms with Crippen LogP contribution >= 0.6 is 11.6 Å². The third kappa shape index (κ3) is 4.68. The first kappa shape index (κ1) is 19.8. The van der Waals surface area contributed by atoms with Crippen LogP contribution in [0.15, 0.2) is 42.5 Å². The predicted octanol–water partition coefficient (Wildman–Crippen LogP) is 2.96. The lowest BCUT2D eigenvalue weighted by Gasteiger charge is -2.19. The van der Waals surface area contributed by atoms with E-state index in [1.807, 2.05) is 38.1 Å². The maximum Gasteiger partial charge on any atom is 0.282 e. The summed E-state index contributed by atoms with van der Waals surface area (Å²) < 4.78 is 28.0. The predicted molar refractivity (Wildman–Crippen MR) is 107 cm³/mol. The summed E-state index contributed by atoms with van der Waals surface area (Å²) in [7, 11) is -3.68. The van der Waals surface area contributed by atoms with Gasteiger partial charge in [0.05, 0.1) is 6.54 Å². The Morgan fingerprint density at radius 2 is 1.85 bits per heavy atom. The van der Waals surface area contributed by atoms with E-state index < -0.39 is 10.2 Å². The van der Waals surface area contributed by atoms with E-state index in [9.17, 15) is 13.2 Å². The summed E-state index contributed by atoms with van der Waals surface area (Å²) in [5.74, 6) is -0.350. The van der Waals surface area contributed by atoms with Gasteiger partial charge in [0.2, 0.25) is 5.91 Å². The molecular formula is C19H22ClN3O3S. The third-order valence-corrected chi connectivity index (χ3v) is 6.65. The molecule has 2 aromatic carbocycles. The molecular weight excluding hydrogens is 386 g/mol. The first-order valence-corrected chi connectivity index (χ1v) is 10.4. The van der Waals surface area contributed by atoms with Gasteiger partial charge < -0.3 is 5.32 Å². The molecule has 1 fully saturated rings. The quantitative estimate of drug-likeness (QED) is 0.828. The first-order chi connectivity index (χ1) is 12.8. The van der Waals surface area contributed by atoms with Crippen LogP contribution in [0.2, 0.25) is 5.02 Å². The molecule has 1 amide bonds. The SMILES string of the molecule is Cc1ccc(C)c(NC(=O)CN2CCN(Cc3cccc(Cl)c3)S2(=O)=O)c1. The van der Waals surface area contributed by atoms with Gasteiger partial charge in [-0.1, -0.05) is 35.9 Å². The lowest BCUT2D eigenvalue weighted by atomic mass is 10.1. The largest absolute Gasteiger partial charge is 0.325 e. The van der Waals surface area contributed by atoms with Crippen molar-refractivity contribution < 1.29 is 13.2 Å². The molecule has 1 aliphatic rings. The van der Waals surface area contributed by atoms with Gasteiger partial charge in [0, 0.05) is 30.3 Å². The van der Waals surface area contributed by atoms with Crippen LogP contribution in [0, 0.1) is 13.8 Å². The number of aryl methyl sites for hydroxylation is 2. The maximum atomic E-state index is 12.7. The highest BCUT2D eigenvalue weighted by Crippen LogP contribution is 2.22. The number of carbonyl (C=O) groups excluding carboxylic acids is 1. The van der Waals surface area contributed by atoms with E-state index >= 15 is 0 Å². The minimum absolute atomic E-state index is 0.207. The number of amides is 1. The average Bonchev–Trinajstić information content (AvgIpc) is 2.86. The van der Waals surface area contributed by atoms with Crippen molar-refractivity contribution in [2.45, 2.75) is 20.4 Å². The van der Waals surface area contributed by atoms with Gasteiger partial charge in [-0.15, -0.1) is 0 Å². The summed E-state index contributed by atoms with van der Waals surface area (Å²) in [6, 6.07) is 12.9. The topological polar surface area (TPSA) is 69.7 Å². The molecule has 1 heterocycles. The van der Waals surface area contributed by atoms with Crippen molar-refractivity contribution in [1.82, 2.24) is 8.61 Å². The highest BCUT2D eigenvalue weighted by Gasteiger charge is 2.37. The van der Waals surface area contributed by atoms with Crippen LogP contribution in [0.25, 0.3) is 0 Å². The Morgan fingerprint density at radius 3 is 2.59 bits per heavy atom. The number of carbonyl (C=O) groups is 1. The third-order valence-electron chi connectivity index (χ3n) is 4.49. The number of nitrogens with zero attached hydrogens (tertiary/aromatic N) is 2. The van der Waals surface area contributed by atoms with Crippen molar-refractivity contribution in [3.05, 3.63) is 64.2 Å². The molecule has 27 heavy (non-hydrogen) atoms. The smallest absolute Gasteiger partial charge is 0.282 e. The van der Waals surface area contributed by atoms with E-state index in [2.05, 4.69) is 5.32 Å². The fourth-order valence-electron chi connectivity index (χ4n) is 3.00. The van der Waals surface area contributed by atoms with Gasteiger partial charge in [-0.3, -0.25) is 4.79 Å². The summed E-state index contributed by atoms with van der Waals surface area (Å²) in [6.07, 6.45) is 0. The van der Waals surface area contributed by atoms with Gasteiger partial charge >= 0.3 is 0 Å². The molecule has 0 aromatic heterocycles. The van der Waals surface area contributed by atoms with Crippen LogP contribution in [0.4, 0.5) is 5.69 Å². The molecule has 0 saturated carbocycles. The molecule has 6 nitrogen and oxygen atoms in total. The number of halogens is 1. The number of rotatable bonds is 5. The Hall–Kier alpha value is -1.93. The van der Waals surface area contributed by atoms with E-state index in [-0.39, 0.29) is 25.5 Å². The minimum Gasteiger partial charge on any atom is -0.325 e. The molecule has 0 bridgehead atoms. The Balaban J connectivity index is 1.65. The molecule has 8 heteroatoms. The molecule has 0 unspecified atom stereocenters. The Morgan fingerprint density at radius 1 is 1.11 bits per heavy atom. The second-order valence-corrected chi connectivity index (χ2v) is 9.04. The van der Waals surface area contributed by atoms with Gasteiger partial charge in [0.15, 0.2) is 0 Å². The molecule has 144 valence electrons. The molecule has 0 aliphatic carbocycles. The van der Waals surface area contributed by atoms with Crippen LogP contribution in [-0.4, -0.2) is 42.6 Å². The number of anilines is 1. The number of benzene rings is 2. The monoisotopic (exact) mass is 407 g/mol. The minimum atomic E-state index is -3.68. The van der Waals surface area contributed by atoms with E-state index in [0.717, 1.165) is 16.7 Å². The van der Waals surface area contributed by atoms with Crippen LogP contribution in [0.1, 0.15) is 16.7 Å². The summed E-state index contributed by atoms with van der Waals surface area (Å²) in [5, 5.41) is 3.37. The fraction of sp³-hybridized carbons (Fsp3) is 0.316. The summed E-state index contributed by atoms with van der Waals surface area (Å²) >= 11 is 5.97. The van der Waals surface area contributed by atoms with E-state index in [1.54, 1.807) is 18.2 Å². The number of hydrogen-bond acceptors (Lipinski definition) is 3. The van der Waals surface area contributed by atoms with Crippen LogP contribution in [0.5, 0.6) is 0 Å². The van der Waals surface area contributed by atoms with Crippen molar-refractivity contribution in [2.24, 2.45) is 0 Å². The Bertz CT molecular complexity index is 962. The second kappa shape index (κ2) is 7.98. The Labute approximate surface area is 164 Å². The van der Waals surface area contributed by atoms with Gasteiger partial charge in [-0.25, -0.2) is 0 Å². The molecule has 0 atom stereocenters. The standard InChI is InChI=1S/C19H22ClN3O3S/c1-14-6-7-15(2)18(10-14)21-19(24)13-23-9-8-22(27(23,25)26)12-16-4-3-5-17(20)11-16/h3-7,10-11H,8-9,12-13H2,1-2H3,(H,21,24). The maximum absolute atomic E-state index is 12.7. The van der Waals surface area contributed by atoms with E-state index in [4.69, 9.17) is 11.6 Å². The lowest BCUT2D eigenvalue weighted by molar-refractivity contribution is -0.116.